The molecule has 0 atom stereocenters. The van der Waals surface area contributed by atoms with Gasteiger partial charge in [-0.2, -0.15) is 0 Å². The molecular weight excluding hydrogens is 464 g/mol. The molecule has 0 saturated carbocycles. The van der Waals surface area contributed by atoms with Crippen LogP contribution in [0.1, 0.15) is 17.0 Å². The molecule has 0 aromatic heterocycles. The van der Waals surface area contributed by atoms with Crippen LogP contribution < -0.4 is 0 Å². The summed E-state index contributed by atoms with van der Waals surface area (Å²) in [5, 5.41) is 0. The molecule has 9 heteroatoms. The van der Waals surface area contributed by atoms with E-state index >= 15 is 0 Å². The fourth-order valence-corrected chi connectivity index (χ4v) is 5.37. The Morgan fingerprint density at radius 3 is 2.03 bits per heavy atom. The molecule has 2 saturated heterocycles. The third kappa shape index (κ3) is 4.89. The molecule has 3 aliphatic rings. The monoisotopic (exact) mass is 496 g/mol. The predicted octanol–water partition coefficient (Wildman–Crippen LogP) is 2.48. The largest absolute Gasteiger partial charge is 0.448 e. The first-order chi connectivity index (χ1) is 17.4. The van der Waals surface area contributed by atoms with Gasteiger partial charge in [-0.05, 0) is 29.3 Å². The summed E-state index contributed by atoms with van der Waals surface area (Å²) in [5.74, 6) is -2.34. The number of ether oxygens (including phenoxy) is 5. The molecule has 2 aromatic rings. The second-order valence-electron chi connectivity index (χ2n) is 9.57. The van der Waals surface area contributed by atoms with Gasteiger partial charge in [0, 0.05) is 13.0 Å². The Kier molecular flexibility index (Phi) is 7.09. The van der Waals surface area contributed by atoms with Gasteiger partial charge < -0.3 is 28.6 Å². The molecule has 2 heterocycles. The molecule has 0 N–H and O–H groups in total. The van der Waals surface area contributed by atoms with Crippen LogP contribution in [-0.4, -0.2) is 101 Å². The Balaban J connectivity index is 1.21. The Bertz CT molecular complexity index is 1050. The number of nitrogens with zero attached hydrogens (tertiary/aromatic N) is 2. The fourth-order valence-electron chi connectivity index (χ4n) is 5.37. The third-order valence-corrected chi connectivity index (χ3v) is 6.90. The van der Waals surface area contributed by atoms with E-state index in [1.165, 1.54) is 16.0 Å². The zero-order valence-electron chi connectivity index (χ0n) is 20.7. The van der Waals surface area contributed by atoms with Crippen LogP contribution in [0.2, 0.25) is 0 Å². The van der Waals surface area contributed by atoms with Gasteiger partial charge in [0.15, 0.2) is 12.1 Å². The van der Waals surface area contributed by atoms with Crippen molar-refractivity contribution in [2.24, 2.45) is 0 Å². The van der Waals surface area contributed by atoms with Crippen LogP contribution in [0.25, 0.3) is 11.1 Å². The topological polar surface area (TPSA) is 86.8 Å². The van der Waals surface area contributed by atoms with E-state index in [1.54, 1.807) is 7.05 Å². The van der Waals surface area contributed by atoms with Crippen LogP contribution in [0.4, 0.5) is 4.79 Å². The number of rotatable bonds is 9. The summed E-state index contributed by atoms with van der Waals surface area (Å²) in [6.07, 6.45) is 0.229. The molecule has 36 heavy (non-hydrogen) atoms. The van der Waals surface area contributed by atoms with Gasteiger partial charge in [0.05, 0.1) is 46.1 Å². The minimum absolute atomic E-state index is 0.0141. The Morgan fingerprint density at radius 2 is 1.44 bits per heavy atom. The van der Waals surface area contributed by atoms with Crippen molar-refractivity contribution in [3.8, 4) is 11.1 Å². The number of hydrogen-bond acceptors (Lipinski definition) is 8. The van der Waals surface area contributed by atoms with Gasteiger partial charge in [0.1, 0.15) is 6.61 Å². The summed E-state index contributed by atoms with van der Waals surface area (Å²) >= 11 is 0. The zero-order chi connectivity index (χ0) is 25.2. The maximum atomic E-state index is 13.0. The van der Waals surface area contributed by atoms with Crippen LogP contribution in [0, 0.1) is 0 Å². The third-order valence-electron chi connectivity index (χ3n) is 6.90. The molecule has 1 amide bonds. The van der Waals surface area contributed by atoms with E-state index in [4.69, 9.17) is 23.7 Å². The van der Waals surface area contributed by atoms with Gasteiger partial charge in [0.2, 0.25) is 5.79 Å². The average Bonchev–Trinajstić information content (AvgIpc) is 3.61. The fraction of sp³-hybridized carbons (Fsp3) is 0.481. The maximum Gasteiger partial charge on any atom is 0.409 e. The van der Waals surface area contributed by atoms with Gasteiger partial charge in [-0.1, -0.05) is 48.5 Å². The van der Waals surface area contributed by atoms with E-state index in [2.05, 4.69) is 24.3 Å². The lowest BCUT2D eigenvalue weighted by Crippen LogP contribution is -2.54. The van der Waals surface area contributed by atoms with Crippen LogP contribution in [0.3, 0.4) is 0 Å². The van der Waals surface area contributed by atoms with Crippen molar-refractivity contribution < 1.29 is 33.3 Å². The highest BCUT2D eigenvalue weighted by Gasteiger charge is 2.44. The minimum Gasteiger partial charge on any atom is -0.448 e. The standard InChI is InChI=1S/C27H32N2O7/c1-28(17-27(19-30)35-13-14-36-27)16-26(33-11-12-34-26)18-29(2)25(31)32-15-24-22-9-5-3-7-20(22)21-8-4-6-10-23(21)24/h3-10,19,24H,11-18H2,1-2H3. The Hall–Kier alpha value is -2.82. The molecular formula is C27H32N2O7. The first-order valence-corrected chi connectivity index (χ1v) is 12.2. The highest BCUT2D eigenvalue weighted by Crippen LogP contribution is 2.44. The van der Waals surface area contributed by atoms with Crippen molar-refractivity contribution in [2.45, 2.75) is 17.5 Å². The number of carbonyl (C=O) groups is 2. The molecule has 0 unspecified atom stereocenters. The van der Waals surface area contributed by atoms with E-state index in [9.17, 15) is 9.59 Å². The van der Waals surface area contributed by atoms with Gasteiger partial charge >= 0.3 is 6.09 Å². The molecule has 0 spiro atoms. The molecule has 5 rings (SSSR count). The number of hydrogen-bond donors (Lipinski definition) is 0. The summed E-state index contributed by atoms with van der Waals surface area (Å²) < 4.78 is 28.7. The van der Waals surface area contributed by atoms with Crippen LogP contribution >= 0.6 is 0 Å². The zero-order valence-corrected chi connectivity index (χ0v) is 20.7. The minimum atomic E-state index is -1.28. The summed E-state index contributed by atoms with van der Waals surface area (Å²) in [5.41, 5.74) is 4.69. The molecule has 192 valence electrons. The summed E-state index contributed by atoms with van der Waals surface area (Å²) in [6.45, 7) is 2.52. The molecule has 1 aliphatic carbocycles. The lowest BCUT2D eigenvalue weighted by molar-refractivity contribution is -0.196. The number of benzene rings is 2. The molecule has 2 aliphatic heterocycles. The first kappa shape index (κ1) is 24.9. The maximum absolute atomic E-state index is 13.0. The van der Waals surface area contributed by atoms with Crippen LogP contribution in [-0.2, 0) is 28.5 Å². The van der Waals surface area contributed by atoms with Gasteiger partial charge in [0.25, 0.3) is 0 Å². The summed E-state index contributed by atoms with van der Waals surface area (Å²) in [4.78, 5) is 27.9. The normalized spacial score (nSPS) is 19.8. The molecule has 2 fully saturated rings. The van der Waals surface area contributed by atoms with E-state index in [0.717, 1.165) is 11.1 Å². The van der Waals surface area contributed by atoms with E-state index < -0.39 is 17.7 Å². The quantitative estimate of drug-likeness (QED) is 0.490. The first-order valence-electron chi connectivity index (χ1n) is 12.2. The van der Waals surface area contributed by atoms with Crippen LogP contribution in [0.15, 0.2) is 48.5 Å². The van der Waals surface area contributed by atoms with Gasteiger partial charge in [-0.3, -0.25) is 9.69 Å². The van der Waals surface area contributed by atoms with Crippen molar-refractivity contribution >= 4 is 12.4 Å². The molecule has 9 nitrogen and oxygen atoms in total. The van der Waals surface area contributed by atoms with Crippen molar-refractivity contribution in [1.82, 2.24) is 9.80 Å². The van der Waals surface area contributed by atoms with Crippen molar-refractivity contribution in [2.75, 3.05) is 66.8 Å². The second kappa shape index (κ2) is 10.3. The second-order valence-corrected chi connectivity index (χ2v) is 9.57. The molecule has 2 aromatic carbocycles. The number of carbonyl (C=O) groups excluding carboxylic acids is 2. The lowest BCUT2D eigenvalue weighted by Gasteiger charge is -2.36. The number of aldehydes is 1. The van der Waals surface area contributed by atoms with Crippen molar-refractivity contribution in [1.29, 1.82) is 0 Å². The summed E-state index contributed by atoms with van der Waals surface area (Å²) in [7, 11) is 3.50. The van der Waals surface area contributed by atoms with Gasteiger partial charge in [-0.15, -0.1) is 0 Å². The number of amides is 1. The summed E-state index contributed by atoms with van der Waals surface area (Å²) in [6, 6.07) is 16.5. The lowest BCUT2D eigenvalue weighted by atomic mass is 9.98. The SMILES string of the molecule is CN(CC1(C=O)OCCO1)CC1(CN(C)C(=O)OCC2c3ccccc3-c3ccccc32)OCCO1. The average molecular weight is 497 g/mol. The van der Waals surface area contributed by atoms with Crippen LogP contribution in [0.5, 0.6) is 0 Å². The van der Waals surface area contributed by atoms with E-state index in [1.807, 2.05) is 36.2 Å². The van der Waals surface area contributed by atoms with E-state index in [-0.39, 0.29) is 25.6 Å². The number of likely N-dealkylation sites (N-methyl/N-ethyl adjacent to an activating group) is 2. The Morgan fingerprint density at radius 1 is 0.889 bits per heavy atom. The van der Waals surface area contributed by atoms with Crippen molar-refractivity contribution in [3.05, 3.63) is 59.7 Å². The highest BCUT2D eigenvalue weighted by atomic mass is 16.7. The Labute approximate surface area is 210 Å². The van der Waals surface area contributed by atoms with E-state index in [0.29, 0.717) is 39.3 Å². The molecule has 0 radical (unpaired) electrons. The van der Waals surface area contributed by atoms with Gasteiger partial charge in [-0.25, -0.2) is 4.79 Å². The smallest absolute Gasteiger partial charge is 0.409 e. The molecule has 0 bridgehead atoms. The van der Waals surface area contributed by atoms with Crippen molar-refractivity contribution in [3.63, 3.8) is 0 Å². The number of fused-ring (bicyclic) bond motifs is 3. The highest BCUT2D eigenvalue weighted by molar-refractivity contribution is 5.79. The predicted molar refractivity (Wildman–Crippen MR) is 131 cm³/mol.